The normalized spacial score (nSPS) is 12.8. The van der Waals surface area contributed by atoms with Gasteiger partial charge in [-0.05, 0) is 39.4 Å². The van der Waals surface area contributed by atoms with Gasteiger partial charge in [0.2, 0.25) is 0 Å². The van der Waals surface area contributed by atoms with E-state index in [1.165, 1.54) is 23.0 Å². The van der Waals surface area contributed by atoms with E-state index in [1.54, 1.807) is 6.92 Å². The van der Waals surface area contributed by atoms with Gasteiger partial charge in [0.05, 0.1) is 19.0 Å². The number of aryl methyl sites for hydroxylation is 2. The number of ether oxygens (including phenoxy) is 1. The lowest BCUT2D eigenvalue weighted by atomic mass is 10.2. The van der Waals surface area contributed by atoms with Gasteiger partial charge in [-0.15, -0.1) is 11.3 Å². The molecule has 2 aromatic rings. The van der Waals surface area contributed by atoms with Crippen molar-refractivity contribution in [2.75, 3.05) is 20.2 Å². The molecule has 7 heteroatoms. The average Bonchev–Trinajstić information content (AvgIpc) is 2.85. The summed E-state index contributed by atoms with van der Waals surface area (Å²) in [7, 11) is 1.33. The second-order valence-electron chi connectivity index (χ2n) is 5.83. The van der Waals surface area contributed by atoms with E-state index < -0.39 is 12.0 Å². The highest BCUT2D eigenvalue weighted by atomic mass is 32.1. The van der Waals surface area contributed by atoms with Crippen molar-refractivity contribution < 1.29 is 9.53 Å². The molecule has 2 aromatic heterocycles. The fraction of sp³-hybridized carbons (Fsp3) is 0.588. The molecule has 1 atom stereocenters. The molecule has 1 unspecified atom stereocenters. The quantitative estimate of drug-likeness (QED) is 0.749. The summed E-state index contributed by atoms with van der Waals surface area (Å²) in [4.78, 5) is 33.9. The molecule has 2 rings (SSSR count). The lowest BCUT2D eigenvalue weighted by molar-refractivity contribution is -0.144. The van der Waals surface area contributed by atoms with Crippen molar-refractivity contribution in [2.24, 2.45) is 0 Å². The molecule has 0 saturated carbocycles. The predicted molar refractivity (Wildman–Crippen MR) is 96.7 cm³/mol. The zero-order valence-electron chi connectivity index (χ0n) is 15.2. The van der Waals surface area contributed by atoms with Crippen molar-refractivity contribution >= 4 is 27.5 Å². The number of methoxy groups -OCH3 is 1. The van der Waals surface area contributed by atoms with Gasteiger partial charge in [-0.1, -0.05) is 13.8 Å². The Kier molecular flexibility index (Phi) is 5.77. The van der Waals surface area contributed by atoms with Crippen LogP contribution in [0.1, 0.15) is 43.1 Å². The standard InChI is InChI=1S/C17H25N3O3S/c1-7-19(8-2)9-13-18-15-14(10(3)12(5)24-15)16(21)20(13)11(4)17(22)23-6/h11H,7-9H2,1-6H3. The zero-order chi connectivity index (χ0) is 18.0. The van der Waals surface area contributed by atoms with E-state index in [2.05, 4.69) is 18.7 Å². The molecule has 0 radical (unpaired) electrons. The van der Waals surface area contributed by atoms with Crippen LogP contribution < -0.4 is 5.56 Å². The minimum absolute atomic E-state index is 0.165. The molecule has 0 aromatic carbocycles. The molecule has 0 amide bonds. The number of rotatable bonds is 6. The Labute approximate surface area is 146 Å². The Morgan fingerprint density at radius 1 is 1.33 bits per heavy atom. The Hall–Kier alpha value is -1.73. The number of thiophene rings is 1. The number of esters is 1. The van der Waals surface area contributed by atoms with E-state index >= 15 is 0 Å². The fourth-order valence-electron chi connectivity index (χ4n) is 2.78. The van der Waals surface area contributed by atoms with Gasteiger partial charge in [0.15, 0.2) is 0 Å². The summed E-state index contributed by atoms with van der Waals surface area (Å²) >= 11 is 1.52. The van der Waals surface area contributed by atoms with E-state index in [9.17, 15) is 9.59 Å². The number of nitrogens with zero attached hydrogens (tertiary/aromatic N) is 3. The van der Waals surface area contributed by atoms with Gasteiger partial charge in [0.1, 0.15) is 16.7 Å². The predicted octanol–water partition coefficient (Wildman–Crippen LogP) is 2.65. The minimum atomic E-state index is -0.704. The monoisotopic (exact) mass is 351 g/mol. The molecule has 0 bridgehead atoms. The highest BCUT2D eigenvalue weighted by molar-refractivity contribution is 7.18. The largest absolute Gasteiger partial charge is 0.467 e. The first-order valence-electron chi connectivity index (χ1n) is 8.16. The highest BCUT2D eigenvalue weighted by Crippen LogP contribution is 2.27. The maximum atomic E-state index is 13.1. The van der Waals surface area contributed by atoms with Crippen LogP contribution in [-0.4, -0.2) is 40.6 Å². The van der Waals surface area contributed by atoms with Crippen LogP contribution in [0.25, 0.3) is 10.2 Å². The van der Waals surface area contributed by atoms with Crippen LogP contribution in [-0.2, 0) is 16.1 Å². The SMILES string of the molecule is CCN(CC)Cc1nc2sc(C)c(C)c2c(=O)n1C(C)C(=O)OC. The first kappa shape index (κ1) is 18.6. The second-order valence-corrected chi connectivity index (χ2v) is 7.03. The van der Waals surface area contributed by atoms with E-state index in [-0.39, 0.29) is 5.56 Å². The summed E-state index contributed by atoms with van der Waals surface area (Å²) in [5, 5.41) is 0.608. The van der Waals surface area contributed by atoms with Crippen LogP contribution in [0, 0.1) is 13.8 Å². The van der Waals surface area contributed by atoms with Gasteiger partial charge in [-0.2, -0.15) is 0 Å². The number of carbonyl (C=O) groups is 1. The third kappa shape index (κ3) is 3.23. The van der Waals surface area contributed by atoms with Crippen LogP contribution in [0.3, 0.4) is 0 Å². The van der Waals surface area contributed by atoms with E-state index in [4.69, 9.17) is 9.72 Å². The molecular formula is C17H25N3O3S. The molecule has 0 aliphatic rings. The maximum absolute atomic E-state index is 13.1. The Morgan fingerprint density at radius 2 is 1.96 bits per heavy atom. The van der Waals surface area contributed by atoms with E-state index in [0.717, 1.165) is 28.4 Å². The number of hydrogen-bond acceptors (Lipinski definition) is 6. The molecule has 2 heterocycles. The summed E-state index contributed by atoms with van der Waals surface area (Å²) in [6.45, 7) is 11.9. The van der Waals surface area contributed by atoms with Crippen molar-refractivity contribution in [1.82, 2.24) is 14.5 Å². The topological polar surface area (TPSA) is 64.4 Å². The van der Waals surface area contributed by atoms with Crippen molar-refractivity contribution in [3.05, 3.63) is 26.6 Å². The fourth-order valence-corrected chi connectivity index (χ4v) is 3.82. The van der Waals surface area contributed by atoms with Gasteiger partial charge in [0.25, 0.3) is 5.56 Å². The van der Waals surface area contributed by atoms with Crippen LogP contribution >= 0.6 is 11.3 Å². The molecule has 6 nitrogen and oxygen atoms in total. The third-order valence-corrected chi connectivity index (χ3v) is 5.60. The van der Waals surface area contributed by atoms with Crippen molar-refractivity contribution in [2.45, 2.75) is 47.2 Å². The van der Waals surface area contributed by atoms with Crippen molar-refractivity contribution in [3.63, 3.8) is 0 Å². The Bertz CT molecular complexity index is 805. The van der Waals surface area contributed by atoms with Gasteiger partial charge in [-0.25, -0.2) is 9.78 Å². The van der Waals surface area contributed by atoms with Gasteiger partial charge < -0.3 is 4.74 Å². The summed E-state index contributed by atoms with van der Waals surface area (Å²) in [6, 6.07) is -0.704. The molecule has 0 spiro atoms. The maximum Gasteiger partial charge on any atom is 0.328 e. The number of carbonyl (C=O) groups excluding carboxylic acids is 1. The van der Waals surface area contributed by atoms with Crippen molar-refractivity contribution in [1.29, 1.82) is 0 Å². The average molecular weight is 351 g/mol. The van der Waals surface area contributed by atoms with Crippen LogP contribution in [0.5, 0.6) is 0 Å². The first-order valence-corrected chi connectivity index (χ1v) is 8.98. The smallest absolute Gasteiger partial charge is 0.328 e. The molecule has 24 heavy (non-hydrogen) atoms. The lowest BCUT2D eigenvalue weighted by Crippen LogP contribution is -2.35. The van der Waals surface area contributed by atoms with Crippen molar-refractivity contribution in [3.8, 4) is 0 Å². The molecule has 0 aliphatic heterocycles. The number of fused-ring (bicyclic) bond motifs is 1. The van der Waals surface area contributed by atoms with Gasteiger partial charge in [-0.3, -0.25) is 14.3 Å². The number of aromatic nitrogens is 2. The van der Waals surface area contributed by atoms with Crippen LogP contribution in [0.2, 0.25) is 0 Å². The van der Waals surface area contributed by atoms with Gasteiger partial charge in [0, 0.05) is 4.88 Å². The molecule has 132 valence electrons. The summed E-state index contributed by atoms with van der Waals surface area (Å²) < 4.78 is 6.34. The van der Waals surface area contributed by atoms with Crippen LogP contribution in [0.4, 0.5) is 0 Å². The van der Waals surface area contributed by atoms with E-state index in [0.29, 0.717) is 17.8 Å². The highest BCUT2D eigenvalue weighted by Gasteiger charge is 2.24. The third-order valence-electron chi connectivity index (χ3n) is 4.50. The second kappa shape index (κ2) is 7.44. The molecule has 0 N–H and O–H groups in total. The lowest BCUT2D eigenvalue weighted by Gasteiger charge is -2.22. The molecular weight excluding hydrogens is 326 g/mol. The molecule has 0 fully saturated rings. The summed E-state index contributed by atoms with van der Waals surface area (Å²) in [6.07, 6.45) is 0. The molecule has 0 saturated heterocycles. The van der Waals surface area contributed by atoms with E-state index in [1.807, 2.05) is 13.8 Å². The minimum Gasteiger partial charge on any atom is -0.467 e. The molecule has 0 aliphatic carbocycles. The summed E-state index contributed by atoms with van der Waals surface area (Å²) in [5.41, 5.74) is 0.773. The Morgan fingerprint density at radius 3 is 2.50 bits per heavy atom. The summed E-state index contributed by atoms with van der Waals surface area (Å²) in [5.74, 6) is 0.166. The van der Waals surface area contributed by atoms with Crippen LogP contribution in [0.15, 0.2) is 4.79 Å². The van der Waals surface area contributed by atoms with Gasteiger partial charge >= 0.3 is 5.97 Å². The Balaban J connectivity index is 2.73. The first-order chi connectivity index (χ1) is 11.3. The zero-order valence-corrected chi connectivity index (χ0v) is 16.0. The number of hydrogen-bond donors (Lipinski definition) is 0.